The first-order chi connectivity index (χ1) is 12.5. The first-order valence-electron chi connectivity index (χ1n) is 7.89. The Hall–Kier alpha value is -2.71. The lowest BCUT2D eigenvalue weighted by molar-refractivity contribution is 0.0612. The van der Waals surface area contributed by atoms with Gasteiger partial charge < -0.3 is 14.4 Å². The number of carbonyl (C=O) groups is 2. The maximum atomic E-state index is 12.8. The first-order valence-corrected chi connectivity index (χ1v) is 8.26. The molecule has 0 spiro atoms. The number of benzene rings is 1. The molecule has 0 saturated heterocycles. The minimum Gasteiger partial charge on any atom is -0.416 e. The van der Waals surface area contributed by atoms with Crippen LogP contribution in [-0.2, 0) is 11.3 Å². The topological polar surface area (TPSA) is 90.7 Å². The Kier molecular flexibility index (Phi) is 5.34. The third-order valence-electron chi connectivity index (χ3n) is 3.92. The van der Waals surface area contributed by atoms with Crippen LogP contribution in [-0.4, -0.2) is 53.4 Å². The van der Waals surface area contributed by atoms with Gasteiger partial charge in [0.25, 0.3) is 11.3 Å². The third-order valence-corrected chi connectivity index (χ3v) is 4.16. The lowest BCUT2D eigenvalue weighted by Gasteiger charge is -2.29. The molecule has 0 atom stereocenters. The van der Waals surface area contributed by atoms with E-state index >= 15 is 0 Å². The molecule has 136 valence electrons. The van der Waals surface area contributed by atoms with Crippen LogP contribution in [0.3, 0.4) is 0 Å². The Morgan fingerprint density at radius 3 is 2.65 bits per heavy atom. The molecule has 0 saturated carbocycles. The fourth-order valence-corrected chi connectivity index (χ4v) is 2.77. The molecule has 0 aliphatic carbocycles. The van der Waals surface area contributed by atoms with E-state index in [1.54, 1.807) is 30.3 Å². The van der Waals surface area contributed by atoms with Gasteiger partial charge >= 0.3 is 5.97 Å². The normalized spacial score (nSPS) is 13.5. The molecular formula is C17H16ClN3O5. The first kappa shape index (κ1) is 18.1. The van der Waals surface area contributed by atoms with E-state index < -0.39 is 23.1 Å². The summed E-state index contributed by atoms with van der Waals surface area (Å²) in [5.74, 6) is -1.63. The second kappa shape index (κ2) is 7.67. The van der Waals surface area contributed by atoms with Gasteiger partial charge in [-0.15, -0.1) is 0 Å². The molecule has 3 rings (SSSR count). The van der Waals surface area contributed by atoms with Crippen molar-refractivity contribution in [3.8, 4) is 5.75 Å². The van der Waals surface area contributed by atoms with Gasteiger partial charge in [-0.2, -0.15) is 5.10 Å². The van der Waals surface area contributed by atoms with E-state index in [9.17, 15) is 14.4 Å². The summed E-state index contributed by atoms with van der Waals surface area (Å²) in [6.07, 6.45) is 0. The van der Waals surface area contributed by atoms with E-state index in [1.807, 2.05) is 0 Å². The zero-order valence-electron chi connectivity index (χ0n) is 14.0. The van der Waals surface area contributed by atoms with Crippen molar-refractivity contribution in [3.05, 3.63) is 57.0 Å². The second-order valence-corrected chi connectivity index (χ2v) is 5.92. The molecule has 0 fully saturated rings. The molecule has 8 nitrogen and oxygen atoms in total. The number of fused-ring (bicyclic) bond motifs is 1. The highest BCUT2D eigenvalue weighted by molar-refractivity contribution is 6.29. The number of amides is 1. The van der Waals surface area contributed by atoms with Crippen molar-refractivity contribution in [2.45, 2.75) is 6.54 Å². The molecule has 9 heteroatoms. The Labute approximate surface area is 153 Å². The summed E-state index contributed by atoms with van der Waals surface area (Å²) in [7, 11) is 1.53. The van der Waals surface area contributed by atoms with Gasteiger partial charge in [-0.25, -0.2) is 4.79 Å². The van der Waals surface area contributed by atoms with E-state index in [0.717, 1.165) is 0 Å². The van der Waals surface area contributed by atoms with E-state index in [0.29, 0.717) is 26.2 Å². The van der Waals surface area contributed by atoms with Crippen LogP contribution < -0.4 is 10.2 Å². The SMILES string of the molecule is COCCN1CCn2nc(Cl)c(=O)c(OC(=O)c3ccccc3)c2C1=O. The smallest absolute Gasteiger partial charge is 0.343 e. The fraction of sp³-hybridized carbons (Fsp3) is 0.294. The standard InChI is InChI=1S/C17H16ClN3O5/c1-25-10-9-20-7-8-21-12(16(20)23)14(13(22)15(18)19-21)26-17(24)11-5-3-2-4-6-11/h2-6H,7-10H2,1H3. The molecule has 0 radical (unpaired) electrons. The lowest BCUT2D eigenvalue weighted by Crippen LogP contribution is -2.44. The number of rotatable bonds is 5. The molecule has 2 aromatic rings. The molecular weight excluding hydrogens is 362 g/mol. The van der Waals surface area contributed by atoms with Gasteiger partial charge in [0.15, 0.2) is 5.69 Å². The molecule has 1 aliphatic rings. The number of aromatic nitrogens is 2. The van der Waals surface area contributed by atoms with Crippen LogP contribution in [0.15, 0.2) is 35.1 Å². The van der Waals surface area contributed by atoms with Crippen LogP contribution in [0.2, 0.25) is 5.15 Å². The van der Waals surface area contributed by atoms with Crippen LogP contribution in [0.1, 0.15) is 20.8 Å². The minimum absolute atomic E-state index is 0.0916. The summed E-state index contributed by atoms with van der Waals surface area (Å²) >= 11 is 5.87. The van der Waals surface area contributed by atoms with Crippen molar-refractivity contribution < 1.29 is 19.1 Å². The number of ether oxygens (including phenoxy) is 2. The average Bonchev–Trinajstić information content (AvgIpc) is 2.65. The number of nitrogens with zero attached hydrogens (tertiary/aromatic N) is 3. The molecule has 2 heterocycles. The third kappa shape index (κ3) is 3.47. The summed E-state index contributed by atoms with van der Waals surface area (Å²) in [6.45, 7) is 1.39. The van der Waals surface area contributed by atoms with E-state index in [1.165, 1.54) is 16.7 Å². The number of carbonyl (C=O) groups excluding carboxylic acids is 2. The van der Waals surface area contributed by atoms with Crippen molar-refractivity contribution in [1.82, 2.24) is 14.7 Å². The highest BCUT2D eigenvalue weighted by Crippen LogP contribution is 2.22. The quantitative estimate of drug-likeness (QED) is 0.728. The fourth-order valence-electron chi connectivity index (χ4n) is 2.59. The van der Waals surface area contributed by atoms with Crippen LogP contribution in [0.25, 0.3) is 0 Å². The highest BCUT2D eigenvalue weighted by atomic mass is 35.5. The molecule has 1 aromatic carbocycles. The van der Waals surface area contributed by atoms with Crippen LogP contribution >= 0.6 is 11.6 Å². The summed E-state index contributed by atoms with van der Waals surface area (Å²) in [6, 6.07) is 8.16. The molecule has 0 bridgehead atoms. The summed E-state index contributed by atoms with van der Waals surface area (Å²) in [5, 5.41) is 3.56. The minimum atomic E-state index is -0.802. The maximum Gasteiger partial charge on any atom is 0.343 e. The predicted molar refractivity (Wildman–Crippen MR) is 92.7 cm³/mol. The number of hydrogen-bond acceptors (Lipinski definition) is 6. The zero-order chi connectivity index (χ0) is 18.7. The number of hydrogen-bond donors (Lipinski definition) is 0. The van der Waals surface area contributed by atoms with Crippen LogP contribution in [0.5, 0.6) is 5.75 Å². The summed E-state index contributed by atoms with van der Waals surface area (Å²) in [5.41, 5.74) is -0.645. The molecule has 1 aliphatic heterocycles. The predicted octanol–water partition coefficient (Wildman–Crippen LogP) is 1.22. The molecule has 1 aromatic heterocycles. The Bertz CT molecular complexity index is 897. The van der Waals surface area contributed by atoms with Crippen LogP contribution in [0.4, 0.5) is 0 Å². The average molecular weight is 378 g/mol. The summed E-state index contributed by atoms with van der Waals surface area (Å²) in [4.78, 5) is 39.0. The van der Waals surface area contributed by atoms with E-state index in [4.69, 9.17) is 21.1 Å². The molecule has 1 amide bonds. The van der Waals surface area contributed by atoms with Crippen LogP contribution in [0, 0.1) is 0 Å². The van der Waals surface area contributed by atoms with Crippen molar-refractivity contribution in [2.24, 2.45) is 0 Å². The van der Waals surface area contributed by atoms with Gasteiger partial charge in [-0.3, -0.25) is 14.3 Å². The van der Waals surface area contributed by atoms with Crippen molar-refractivity contribution in [3.63, 3.8) is 0 Å². The van der Waals surface area contributed by atoms with Gasteiger partial charge in [0.2, 0.25) is 10.9 Å². The lowest BCUT2D eigenvalue weighted by atomic mass is 10.2. The molecule has 0 N–H and O–H groups in total. The van der Waals surface area contributed by atoms with Crippen molar-refractivity contribution in [2.75, 3.05) is 26.8 Å². The van der Waals surface area contributed by atoms with E-state index in [2.05, 4.69) is 5.10 Å². The Morgan fingerprint density at radius 1 is 1.23 bits per heavy atom. The Morgan fingerprint density at radius 2 is 1.96 bits per heavy atom. The van der Waals surface area contributed by atoms with E-state index in [-0.39, 0.29) is 16.4 Å². The molecule has 26 heavy (non-hydrogen) atoms. The van der Waals surface area contributed by atoms with Gasteiger partial charge in [0, 0.05) is 20.2 Å². The van der Waals surface area contributed by atoms with Gasteiger partial charge in [-0.1, -0.05) is 29.8 Å². The number of methoxy groups -OCH3 is 1. The molecule has 0 unspecified atom stereocenters. The number of esters is 1. The second-order valence-electron chi connectivity index (χ2n) is 5.56. The highest BCUT2D eigenvalue weighted by Gasteiger charge is 2.32. The monoisotopic (exact) mass is 377 g/mol. The Balaban J connectivity index is 2.00. The zero-order valence-corrected chi connectivity index (χ0v) is 14.7. The largest absolute Gasteiger partial charge is 0.416 e. The van der Waals surface area contributed by atoms with Crippen molar-refractivity contribution in [1.29, 1.82) is 0 Å². The van der Waals surface area contributed by atoms with Gasteiger partial charge in [-0.05, 0) is 12.1 Å². The number of halogens is 1. The van der Waals surface area contributed by atoms with Crippen molar-refractivity contribution >= 4 is 23.5 Å². The van der Waals surface area contributed by atoms with Gasteiger partial charge in [0.1, 0.15) is 0 Å². The maximum absolute atomic E-state index is 12.8. The summed E-state index contributed by atoms with van der Waals surface area (Å²) < 4.78 is 11.5. The van der Waals surface area contributed by atoms with Gasteiger partial charge in [0.05, 0.1) is 18.7 Å².